The van der Waals surface area contributed by atoms with E-state index in [0.29, 0.717) is 12.8 Å². The molecule has 38 heavy (non-hydrogen) atoms. The molecule has 10 heteroatoms. The smallest absolute Gasteiger partial charge is 0.321 e. The molecular formula is C28H51N3O6S. The third-order valence-electron chi connectivity index (χ3n) is 8.44. The van der Waals surface area contributed by atoms with Crippen molar-refractivity contribution in [1.29, 1.82) is 0 Å². The summed E-state index contributed by atoms with van der Waals surface area (Å²) in [5.41, 5.74) is -1.49. The average molecular weight is 558 g/mol. The number of rotatable bonds is 19. The van der Waals surface area contributed by atoms with Gasteiger partial charge in [0.1, 0.15) is 6.04 Å². The topological polar surface area (TPSA) is 145 Å². The second kappa shape index (κ2) is 14.6. The van der Waals surface area contributed by atoms with Gasteiger partial charge in [0.2, 0.25) is 5.91 Å². The zero-order chi connectivity index (χ0) is 29.4. The Morgan fingerprint density at radius 3 is 1.84 bits per heavy atom. The van der Waals surface area contributed by atoms with Crippen LogP contribution in [-0.2, 0) is 19.2 Å². The van der Waals surface area contributed by atoms with Crippen LogP contribution in [0.5, 0.6) is 0 Å². The monoisotopic (exact) mass is 557 g/mol. The molecule has 0 aromatic rings. The Morgan fingerprint density at radius 1 is 0.921 bits per heavy atom. The fourth-order valence-corrected chi connectivity index (χ4v) is 6.31. The second-order valence-electron chi connectivity index (χ2n) is 11.3. The Kier molecular flexibility index (Phi) is 13.1. The standard InChI is InChI=1S/C28H51N3O6S/c1-10-27(8,11-2)30-21(15-18(6)25(34)35)24(33)29-19(7)23(32)28(12-3,13-4)31-22(26(36)37)17(5)14-20-16-38(20)9/h17-19,21-22,30-31H,10-16H2,1-9H3,(H,29,33)(H,34,35)(H,36,37). The minimum absolute atomic E-state index is 0.0825. The largest absolute Gasteiger partial charge is 0.481 e. The van der Waals surface area contributed by atoms with E-state index in [4.69, 9.17) is 0 Å². The number of ketones is 1. The first-order chi connectivity index (χ1) is 17.6. The van der Waals surface area contributed by atoms with Crippen LogP contribution < -0.4 is 16.0 Å². The van der Waals surface area contributed by atoms with E-state index in [2.05, 4.69) is 22.2 Å². The number of amides is 1. The number of hydrogen-bond acceptors (Lipinski definition) is 6. The van der Waals surface area contributed by atoms with Crippen LogP contribution in [0.25, 0.3) is 0 Å². The summed E-state index contributed by atoms with van der Waals surface area (Å²) in [7, 11) is 0.269. The van der Waals surface area contributed by atoms with Gasteiger partial charge in [0.25, 0.3) is 0 Å². The fourth-order valence-electron chi connectivity index (χ4n) is 4.86. The number of carboxylic acid groups (broad SMARTS) is 2. The van der Waals surface area contributed by atoms with Gasteiger partial charge in [-0.05, 0) is 69.4 Å². The van der Waals surface area contributed by atoms with Gasteiger partial charge >= 0.3 is 11.9 Å². The molecule has 6 atom stereocenters. The SMILES string of the molecule is CCC(C)(CC)NC(CC(C)C(=O)O)C(=O)NC(C)C(=O)C(CC)(CC)NC(C(=O)O)C(C)CC1=S(C)C1. The van der Waals surface area contributed by atoms with Crippen molar-refractivity contribution in [2.24, 2.45) is 11.8 Å². The van der Waals surface area contributed by atoms with Crippen molar-refractivity contribution in [3.05, 3.63) is 0 Å². The Bertz CT molecular complexity index is 897. The number of carbonyl (C=O) groups is 4. The summed E-state index contributed by atoms with van der Waals surface area (Å²) in [4.78, 5) is 52.3. The lowest BCUT2D eigenvalue weighted by Crippen LogP contribution is -2.64. The molecule has 1 heterocycles. The summed E-state index contributed by atoms with van der Waals surface area (Å²) in [6, 6.07) is -2.58. The summed E-state index contributed by atoms with van der Waals surface area (Å²) in [6.45, 7) is 14.8. The first-order valence-electron chi connectivity index (χ1n) is 13.9. The minimum Gasteiger partial charge on any atom is -0.481 e. The van der Waals surface area contributed by atoms with Gasteiger partial charge in [-0.1, -0.05) is 41.5 Å². The fraction of sp³-hybridized carbons (Fsp3) is 0.821. The molecule has 220 valence electrons. The molecule has 1 aliphatic rings. The number of carbonyl (C=O) groups excluding carboxylic acids is 2. The van der Waals surface area contributed by atoms with Gasteiger partial charge in [-0.25, -0.2) is 0 Å². The average Bonchev–Trinajstić information content (AvgIpc) is 3.57. The molecule has 6 unspecified atom stereocenters. The zero-order valence-electron chi connectivity index (χ0n) is 24.8. The predicted molar refractivity (Wildman–Crippen MR) is 155 cm³/mol. The highest BCUT2D eigenvalue weighted by molar-refractivity contribution is 8.23. The van der Waals surface area contributed by atoms with Crippen LogP contribution in [0.4, 0.5) is 0 Å². The maximum Gasteiger partial charge on any atom is 0.321 e. The molecule has 1 rings (SSSR count). The summed E-state index contributed by atoms with van der Waals surface area (Å²) in [5, 5.41) is 28.8. The third kappa shape index (κ3) is 9.16. The third-order valence-corrected chi connectivity index (χ3v) is 10.2. The van der Waals surface area contributed by atoms with Crippen LogP contribution in [0.1, 0.15) is 93.9 Å². The predicted octanol–water partition coefficient (Wildman–Crippen LogP) is 3.42. The molecule has 1 aliphatic heterocycles. The molecule has 5 N–H and O–H groups in total. The van der Waals surface area contributed by atoms with E-state index in [1.807, 2.05) is 41.5 Å². The van der Waals surface area contributed by atoms with E-state index in [-0.39, 0.29) is 34.1 Å². The van der Waals surface area contributed by atoms with Gasteiger partial charge in [0, 0.05) is 11.3 Å². The van der Waals surface area contributed by atoms with Crippen molar-refractivity contribution in [2.75, 3.05) is 12.0 Å². The Hall–Kier alpha value is -1.78. The van der Waals surface area contributed by atoms with Crippen LogP contribution in [0.3, 0.4) is 0 Å². The lowest BCUT2D eigenvalue weighted by atomic mass is 9.82. The first-order valence-corrected chi connectivity index (χ1v) is 15.7. The van der Waals surface area contributed by atoms with Crippen molar-refractivity contribution in [1.82, 2.24) is 16.0 Å². The van der Waals surface area contributed by atoms with Crippen LogP contribution in [0.2, 0.25) is 0 Å². The first kappa shape index (κ1) is 34.2. The van der Waals surface area contributed by atoms with Crippen molar-refractivity contribution in [3.63, 3.8) is 0 Å². The minimum atomic E-state index is -1.12. The van der Waals surface area contributed by atoms with Gasteiger partial charge in [-0.3, -0.25) is 24.5 Å². The van der Waals surface area contributed by atoms with Crippen LogP contribution in [0, 0.1) is 11.8 Å². The van der Waals surface area contributed by atoms with Crippen LogP contribution in [-0.4, -0.2) is 79.9 Å². The zero-order valence-corrected chi connectivity index (χ0v) is 25.6. The molecule has 0 radical (unpaired) electrons. The van der Waals surface area contributed by atoms with Gasteiger partial charge in [-0.2, -0.15) is 10.5 Å². The van der Waals surface area contributed by atoms with E-state index in [1.165, 1.54) is 4.86 Å². The normalized spacial score (nSPS) is 19.7. The summed E-state index contributed by atoms with van der Waals surface area (Å²) >= 11 is 0. The van der Waals surface area contributed by atoms with Crippen molar-refractivity contribution < 1.29 is 29.4 Å². The molecule has 0 aromatic heterocycles. The van der Waals surface area contributed by atoms with Gasteiger partial charge in [0.05, 0.1) is 23.5 Å². The molecule has 0 bridgehead atoms. The van der Waals surface area contributed by atoms with Crippen LogP contribution >= 0.6 is 10.5 Å². The van der Waals surface area contributed by atoms with Gasteiger partial charge < -0.3 is 20.8 Å². The Labute approximate surface area is 231 Å². The number of carboxylic acids is 2. The van der Waals surface area contributed by atoms with E-state index in [1.54, 1.807) is 13.8 Å². The number of aliphatic carboxylic acids is 2. The summed E-state index contributed by atoms with van der Waals surface area (Å²) in [6.07, 6.45) is 5.19. The number of Topliss-reactive ketones (excluding diaryl/α,β-unsaturated/α-hetero) is 1. The molecule has 0 saturated heterocycles. The van der Waals surface area contributed by atoms with Gasteiger partial charge in [-0.15, -0.1) is 0 Å². The molecule has 0 spiro atoms. The van der Waals surface area contributed by atoms with E-state index >= 15 is 0 Å². The van der Waals surface area contributed by atoms with Crippen molar-refractivity contribution >= 4 is 39.0 Å². The molecule has 0 aliphatic carbocycles. The maximum atomic E-state index is 13.8. The van der Waals surface area contributed by atoms with E-state index in [0.717, 1.165) is 25.0 Å². The highest BCUT2D eigenvalue weighted by atomic mass is 32.2. The highest BCUT2D eigenvalue weighted by Crippen LogP contribution is 2.32. The lowest BCUT2D eigenvalue weighted by Gasteiger charge is -2.38. The van der Waals surface area contributed by atoms with Gasteiger partial charge in [0.15, 0.2) is 5.78 Å². The number of nitrogens with one attached hydrogen (secondary N) is 3. The number of hydrogen-bond donors (Lipinski definition) is 5. The molecule has 0 aromatic carbocycles. The molecule has 1 amide bonds. The van der Waals surface area contributed by atoms with E-state index in [9.17, 15) is 29.4 Å². The lowest BCUT2D eigenvalue weighted by molar-refractivity contribution is -0.144. The Morgan fingerprint density at radius 2 is 1.45 bits per heavy atom. The Balaban J connectivity index is 3.14. The second-order valence-corrected chi connectivity index (χ2v) is 13.4. The highest BCUT2D eigenvalue weighted by Gasteiger charge is 2.43. The maximum absolute atomic E-state index is 13.8. The molecule has 0 fully saturated rings. The molecule has 0 saturated carbocycles. The molecule has 9 nitrogen and oxygen atoms in total. The van der Waals surface area contributed by atoms with Crippen molar-refractivity contribution in [2.45, 2.75) is 123 Å². The summed E-state index contributed by atoms with van der Waals surface area (Å²) in [5.74, 6) is -2.57. The molecular weight excluding hydrogens is 506 g/mol. The van der Waals surface area contributed by atoms with Crippen LogP contribution in [0.15, 0.2) is 0 Å². The van der Waals surface area contributed by atoms with E-state index < -0.39 is 47.4 Å². The summed E-state index contributed by atoms with van der Waals surface area (Å²) < 4.78 is 0. The quantitative estimate of drug-likeness (QED) is 0.152. The van der Waals surface area contributed by atoms with Crippen molar-refractivity contribution in [3.8, 4) is 0 Å².